The van der Waals surface area contributed by atoms with Gasteiger partial charge in [0.25, 0.3) is 0 Å². The van der Waals surface area contributed by atoms with E-state index in [9.17, 15) is 8.42 Å². The average Bonchev–Trinajstić information content (AvgIpc) is 2.15. The molecule has 0 fully saturated rings. The predicted octanol–water partition coefficient (Wildman–Crippen LogP) is 0.702. The van der Waals surface area contributed by atoms with Crippen molar-refractivity contribution in [3.8, 4) is 0 Å². The summed E-state index contributed by atoms with van der Waals surface area (Å²) in [5.41, 5.74) is 12.8. The summed E-state index contributed by atoms with van der Waals surface area (Å²) in [4.78, 5) is 0. The number of anilines is 1. The standard InChI is InChI=1S/C10H16N2O2S/c1-7(15(2,13)14)10(12)8-3-5-9(11)6-4-8/h3-7,10H,11-12H2,1-2H3. The van der Waals surface area contributed by atoms with Crippen LogP contribution >= 0.6 is 0 Å². The van der Waals surface area contributed by atoms with E-state index in [0.29, 0.717) is 5.69 Å². The molecule has 0 aromatic heterocycles. The quantitative estimate of drug-likeness (QED) is 0.746. The molecule has 1 aromatic carbocycles. The summed E-state index contributed by atoms with van der Waals surface area (Å²) in [5, 5.41) is -0.596. The molecule has 0 aliphatic heterocycles. The van der Waals surface area contributed by atoms with Gasteiger partial charge in [-0.2, -0.15) is 0 Å². The van der Waals surface area contributed by atoms with Crippen molar-refractivity contribution in [2.75, 3.05) is 12.0 Å². The summed E-state index contributed by atoms with van der Waals surface area (Å²) in [7, 11) is -3.12. The highest BCUT2D eigenvalue weighted by Gasteiger charge is 2.23. The first-order chi connectivity index (χ1) is 6.82. The van der Waals surface area contributed by atoms with E-state index in [2.05, 4.69) is 0 Å². The van der Waals surface area contributed by atoms with Crippen LogP contribution in [0.25, 0.3) is 0 Å². The van der Waals surface area contributed by atoms with Crippen molar-refractivity contribution in [2.24, 2.45) is 5.73 Å². The van der Waals surface area contributed by atoms with Gasteiger partial charge in [0.05, 0.1) is 5.25 Å². The van der Waals surface area contributed by atoms with Gasteiger partial charge < -0.3 is 11.5 Å². The van der Waals surface area contributed by atoms with Gasteiger partial charge in [-0.3, -0.25) is 0 Å². The van der Waals surface area contributed by atoms with E-state index >= 15 is 0 Å². The third-order valence-corrected chi connectivity index (χ3v) is 4.15. The summed E-state index contributed by atoms with van der Waals surface area (Å²) in [6.45, 7) is 1.61. The van der Waals surface area contributed by atoms with Crippen molar-refractivity contribution in [1.82, 2.24) is 0 Å². The van der Waals surface area contributed by atoms with Crippen LogP contribution in [-0.2, 0) is 9.84 Å². The highest BCUT2D eigenvalue weighted by Crippen LogP contribution is 2.19. The van der Waals surface area contributed by atoms with Crippen LogP contribution in [0.5, 0.6) is 0 Å². The SMILES string of the molecule is CC(C(N)c1ccc(N)cc1)S(C)(=O)=O. The van der Waals surface area contributed by atoms with Gasteiger partial charge in [-0.05, 0) is 24.6 Å². The van der Waals surface area contributed by atoms with Gasteiger partial charge >= 0.3 is 0 Å². The maximum Gasteiger partial charge on any atom is 0.151 e. The van der Waals surface area contributed by atoms with Gasteiger partial charge in [-0.15, -0.1) is 0 Å². The van der Waals surface area contributed by atoms with Crippen LogP contribution in [-0.4, -0.2) is 19.9 Å². The Hall–Kier alpha value is -1.07. The van der Waals surface area contributed by atoms with Gasteiger partial charge in [-0.25, -0.2) is 8.42 Å². The monoisotopic (exact) mass is 228 g/mol. The van der Waals surface area contributed by atoms with E-state index in [1.54, 1.807) is 31.2 Å². The maximum absolute atomic E-state index is 11.3. The minimum Gasteiger partial charge on any atom is -0.399 e. The Morgan fingerprint density at radius 2 is 1.67 bits per heavy atom. The number of hydrogen-bond donors (Lipinski definition) is 2. The second-order valence-corrected chi connectivity index (χ2v) is 6.13. The van der Waals surface area contributed by atoms with Crippen molar-refractivity contribution in [3.05, 3.63) is 29.8 Å². The Morgan fingerprint density at radius 3 is 2.07 bits per heavy atom. The Bertz CT molecular complexity index is 425. The fourth-order valence-electron chi connectivity index (χ4n) is 1.26. The van der Waals surface area contributed by atoms with Crippen LogP contribution < -0.4 is 11.5 Å². The first kappa shape index (κ1) is 12.0. The zero-order chi connectivity index (χ0) is 11.6. The molecule has 0 aliphatic rings. The lowest BCUT2D eigenvalue weighted by molar-refractivity contribution is 0.571. The predicted molar refractivity (Wildman–Crippen MR) is 62.1 cm³/mol. The topological polar surface area (TPSA) is 86.2 Å². The lowest BCUT2D eigenvalue weighted by Crippen LogP contribution is -2.30. The molecule has 0 bridgehead atoms. The van der Waals surface area contributed by atoms with Gasteiger partial charge in [-0.1, -0.05) is 12.1 Å². The molecule has 0 aliphatic carbocycles. The smallest absolute Gasteiger partial charge is 0.151 e. The Balaban J connectivity index is 2.95. The largest absolute Gasteiger partial charge is 0.399 e. The summed E-state index contributed by atoms with van der Waals surface area (Å²) < 4.78 is 22.6. The van der Waals surface area contributed by atoms with E-state index in [0.717, 1.165) is 5.56 Å². The fraction of sp³-hybridized carbons (Fsp3) is 0.400. The molecule has 5 heteroatoms. The number of sulfone groups is 1. The molecule has 0 saturated carbocycles. The van der Waals surface area contributed by atoms with Crippen LogP contribution in [0.15, 0.2) is 24.3 Å². The van der Waals surface area contributed by atoms with Gasteiger partial charge in [0.1, 0.15) is 0 Å². The highest BCUT2D eigenvalue weighted by atomic mass is 32.2. The molecule has 4 N–H and O–H groups in total. The molecule has 0 saturated heterocycles. The lowest BCUT2D eigenvalue weighted by Gasteiger charge is -2.18. The van der Waals surface area contributed by atoms with Crippen LogP contribution in [0.1, 0.15) is 18.5 Å². The molecule has 2 unspecified atom stereocenters. The second kappa shape index (κ2) is 4.20. The van der Waals surface area contributed by atoms with Crippen molar-refractivity contribution >= 4 is 15.5 Å². The second-order valence-electron chi connectivity index (χ2n) is 3.73. The zero-order valence-electron chi connectivity index (χ0n) is 8.84. The van der Waals surface area contributed by atoms with Crippen LogP contribution in [0, 0.1) is 0 Å². The lowest BCUT2D eigenvalue weighted by atomic mass is 10.1. The van der Waals surface area contributed by atoms with E-state index in [-0.39, 0.29) is 0 Å². The summed E-state index contributed by atoms with van der Waals surface area (Å²) in [6.07, 6.45) is 1.19. The molecule has 0 spiro atoms. The molecule has 15 heavy (non-hydrogen) atoms. The van der Waals surface area contributed by atoms with Gasteiger partial charge in [0.2, 0.25) is 0 Å². The summed E-state index contributed by atoms with van der Waals surface area (Å²) >= 11 is 0. The molecule has 0 heterocycles. The fourth-order valence-corrected chi connectivity index (χ4v) is 1.95. The minimum atomic E-state index is -3.12. The molecule has 1 aromatic rings. The molecular formula is C10H16N2O2S. The molecule has 1 rings (SSSR count). The molecule has 0 amide bonds. The third-order valence-electron chi connectivity index (χ3n) is 2.50. The van der Waals surface area contributed by atoms with Gasteiger partial charge in [0, 0.05) is 18.0 Å². The van der Waals surface area contributed by atoms with Crippen LogP contribution in [0.3, 0.4) is 0 Å². The first-order valence-corrected chi connectivity index (χ1v) is 6.57. The first-order valence-electron chi connectivity index (χ1n) is 4.62. The minimum absolute atomic E-state index is 0.513. The maximum atomic E-state index is 11.3. The Kier molecular flexibility index (Phi) is 3.36. The third kappa shape index (κ3) is 2.94. The van der Waals surface area contributed by atoms with Crippen molar-refractivity contribution < 1.29 is 8.42 Å². The van der Waals surface area contributed by atoms with Crippen LogP contribution in [0.4, 0.5) is 5.69 Å². The van der Waals surface area contributed by atoms with E-state index < -0.39 is 21.1 Å². The number of nitrogens with two attached hydrogens (primary N) is 2. The summed E-state index contributed by atoms with van der Waals surface area (Å²) in [6, 6.07) is 6.41. The molecule has 2 atom stereocenters. The highest BCUT2D eigenvalue weighted by molar-refractivity contribution is 7.91. The summed E-state index contributed by atoms with van der Waals surface area (Å²) in [5.74, 6) is 0. The number of benzene rings is 1. The van der Waals surface area contributed by atoms with Gasteiger partial charge in [0.15, 0.2) is 9.84 Å². The number of rotatable bonds is 3. The van der Waals surface area contributed by atoms with E-state index in [1.807, 2.05) is 0 Å². The van der Waals surface area contributed by atoms with Crippen molar-refractivity contribution in [2.45, 2.75) is 18.2 Å². The van der Waals surface area contributed by atoms with Crippen molar-refractivity contribution in [1.29, 1.82) is 0 Å². The normalized spacial score (nSPS) is 15.9. The molecule has 84 valence electrons. The Labute approximate surface area is 90.2 Å². The number of hydrogen-bond acceptors (Lipinski definition) is 4. The van der Waals surface area contributed by atoms with Crippen LogP contribution in [0.2, 0.25) is 0 Å². The van der Waals surface area contributed by atoms with Crippen molar-refractivity contribution in [3.63, 3.8) is 0 Å². The average molecular weight is 228 g/mol. The Morgan fingerprint density at radius 1 is 1.20 bits per heavy atom. The molecule has 4 nitrogen and oxygen atoms in total. The van der Waals surface area contributed by atoms with E-state index in [1.165, 1.54) is 6.26 Å². The zero-order valence-corrected chi connectivity index (χ0v) is 9.66. The number of nitrogen functional groups attached to an aromatic ring is 1. The molecular weight excluding hydrogens is 212 g/mol. The van der Waals surface area contributed by atoms with E-state index in [4.69, 9.17) is 11.5 Å². The molecule has 0 radical (unpaired) electrons.